The summed E-state index contributed by atoms with van der Waals surface area (Å²) in [5, 5.41) is 9.47. The number of benzene rings is 2. The average Bonchev–Trinajstić information content (AvgIpc) is 2.74. The fourth-order valence-electron chi connectivity index (χ4n) is 3.38. The fourth-order valence-corrected chi connectivity index (χ4v) is 3.51. The summed E-state index contributed by atoms with van der Waals surface area (Å²) in [7, 11) is 1.54. The Balaban J connectivity index is 1.91. The molecule has 0 fully saturated rings. The number of methoxy groups -OCH3 is 1. The predicted octanol–water partition coefficient (Wildman–Crippen LogP) is 4.02. The third-order valence-corrected chi connectivity index (χ3v) is 5.52. The number of aryl methyl sites for hydroxylation is 1. The number of halogens is 1. The minimum absolute atomic E-state index is 0.103. The topological polar surface area (TPSA) is 79.5 Å². The normalized spacial score (nSPS) is 11.1. The molecule has 0 spiro atoms. The minimum Gasteiger partial charge on any atom is -0.495 e. The van der Waals surface area contributed by atoms with Gasteiger partial charge in [0.15, 0.2) is 0 Å². The zero-order valence-electron chi connectivity index (χ0n) is 18.0. The van der Waals surface area contributed by atoms with E-state index in [4.69, 9.17) is 16.3 Å². The minimum atomic E-state index is -0.334. The van der Waals surface area contributed by atoms with Crippen molar-refractivity contribution in [3.8, 4) is 5.75 Å². The summed E-state index contributed by atoms with van der Waals surface area (Å²) in [6, 6.07) is 13.2. The van der Waals surface area contributed by atoms with Crippen LogP contribution in [0.25, 0.3) is 0 Å². The number of carbonyl (C=O) groups excluding carboxylic acids is 2. The molecule has 0 aliphatic heterocycles. The van der Waals surface area contributed by atoms with Crippen molar-refractivity contribution < 1.29 is 14.3 Å². The van der Waals surface area contributed by atoms with Gasteiger partial charge in [0.25, 0.3) is 0 Å². The largest absolute Gasteiger partial charge is 0.495 e. The maximum atomic E-state index is 12.3. The van der Waals surface area contributed by atoms with E-state index in [1.54, 1.807) is 13.2 Å². The van der Waals surface area contributed by atoms with E-state index in [0.717, 1.165) is 24.0 Å². The zero-order valence-corrected chi connectivity index (χ0v) is 18.7. The maximum absolute atomic E-state index is 12.3. The van der Waals surface area contributed by atoms with Crippen molar-refractivity contribution in [1.29, 1.82) is 0 Å². The van der Waals surface area contributed by atoms with Gasteiger partial charge in [-0.15, -0.1) is 0 Å². The molecule has 0 atom stereocenters. The van der Waals surface area contributed by atoms with Gasteiger partial charge in [0, 0.05) is 10.6 Å². The van der Waals surface area contributed by atoms with Gasteiger partial charge in [-0.2, -0.15) is 0 Å². The zero-order chi connectivity index (χ0) is 22.1. The molecule has 0 saturated carbocycles. The number of nitrogens with one attached hydrogen (secondary N) is 3. The number of hydrogen-bond acceptors (Lipinski definition) is 4. The van der Waals surface area contributed by atoms with Crippen LogP contribution in [0.3, 0.4) is 0 Å². The Labute approximate surface area is 183 Å². The van der Waals surface area contributed by atoms with E-state index in [1.807, 2.05) is 43.3 Å². The first-order valence-electron chi connectivity index (χ1n) is 10.1. The summed E-state index contributed by atoms with van der Waals surface area (Å²) in [5.41, 5.74) is 2.32. The fraction of sp³-hybridized carbons (Fsp3) is 0.391. The lowest BCUT2D eigenvalue weighted by molar-refractivity contribution is -0.123. The first-order chi connectivity index (χ1) is 14.3. The number of anilines is 1. The Kier molecular flexibility index (Phi) is 8.69. The molecule has 0 aromatic heterocycles. The van der Waals surface area contributed by atoms with E-state index in [0.29, 0.717) is 16.5 Å². The molecule has 0 bridgehead atoms. The molecule has 2 aromatic rings. The van der Waals surface area contributed by atoms with Crippen molar-refractivity contribution >= 4 is 29.1 Å². The van der Waals surface area contributed by atoms with E-state index in [2.05, 4.69) is 29.8 Å². The third kappa shape index (κ3) is 6.21. The van der Waals surface area contributed by atoms with Crippen LogP contribution in [0.15, 0.2) is 42.5 Å². The monoisotopic (exact) mass is 431 g/mol. The van der Waals surface area contributed by atoms with Crippen molar-refractivity contribution in [1.82, 2.24) is 10.6 Å². The number of rotatable bonds is 10. The van der Waals surface area contributed by atoms with Crippen LogP contribution in [-0.2, 0) is 15.1 Å². The second-order valence-electron chi connectivity index (χ2n) is 7.18. The Morgan fingerprint density at radius 1 is 1.00 bits per heavy atom. The van der Waals surface area contributed by atoms with Gasteiger partial charge in [0.1, 0.15) is 5.75 Å². The lowest BCUT2D eigenvalue weighted by atomic mass is 9.84. The molecule has 0 aliphatic carbocycles. The highest BCUT2D eigenvalue weighted by molar-refractivity contribution is 6.30. The smallest absolute Gasteiger partial charge is 0.243 e. The average molecular weight is 432 g/mol. The molecular formula is C23H30ClN3O3. The summed E-state index contributed by atoms with van der Waals surface area (Å²) >= 11 is 6.00. The van der Waals surface area contributed by atoms with Crippen molar-refractivity contribution in [2.24, 2.45) is 0 Å². The quantitative estimate of drug-likeness (QED) is 0.531. The molecule has 0 unspecified atom stereocenters. The van der Waals surface area contributed by atoms with Gasteiger partial charge < -0.3 is 15.4 Å². The Morgan fingerprint density at radius 3 is 2.27 bits per heavy atom. The number of carbonyl (C=O) groups is 2. The summed E-state index contributed by atoms with van der Waals surface area (Å²) in [4.78, 5) is 24.6. The highest BCUT2D eigenvalue weighted by atomic mass is 35.5. The lowest BCUT2D eigenvalue weighted by Gasteiger charge is -2.33. The van der Waals surface area contributed by atoms with Gasteiger partial charge in [-0.05, 0) is 55.2 Å². The number of amides is 2. The molecule has 0 aliphatic rings. The molecule has 6 nitrogen and oxygen atoms in total. The highest BCUT2D eigenvalue weighted by Gasteiger charge is 2.28. The summed E-state index contributed by atoms with van der Waals surface area (Å²) < 4.78 is 5.26. The molecule has 0 radical (unpaired) electrons. The van der Waals surface area contributed by atoms with Crippen molar-refractivity contribution in [3.05, 3.63) is 58.6 Å². The molecule has 0 heterocycles. The van der Waals surface area contributed by atoms with E-state index in [9.17, 15) is 9.59 Å². The molecule has 2 rings (SSSR count). The highest BCUT2D eigenvalue weighted by Crippen LogP contribution is 2.29. The van der Waals surface area contributed by atoms with Crippen LogP contribution in [0, 0.1) is 6.92 Å². The standard InChI is InChI=1S/C23H30ClN3O3/c1-5-23(6-2,17-8-10-18(24)11-9-17)26-15-21(28)25-14-22(29)27-19-13-16(3)7-12-20(19)30-4/h7-13,26H,5-6,14-15H2,1-4H3,(H,25,28)(H,27,29). The third-order valence-electron chi connectivity index (χ3n) is 5.27. The van der Waals surface area contributed by atoms with Crippen LogP contribution in [0.4, 0.5) is 5.69 Å². The van der Waals surface area contributed by atoms with E-state index in [-0.39, 0.29) is 30.4 Å². The van der Waals surface area contributed by atoms with Gasteiger partial charge in [0.05, 0.1) is 25.9 Å². The van der Waals surface area contributed by atoms with Crippen LogP contribution >= 0.6 is 11.6 Å². The lowest BCUT2D eigenvalue weighted by Crippen LogP contribution is -2.47. The maximum Gasteiger partial charge on any atom is 0.243 e. The van der Waals surface area contributed by atoms with E-state index < -0.39 is 0 Å². The first kappa shape index (κ1) is 23.7. The second kappa shape index (κ2) is 11.0. The SMILES string of the molecule is CCC(CC)(NCC(=O)NCC(=O)Nc1cc(C)ccc1OC)c1ccc(Cl)cc1. The molecule has 2 aromatic carbocycles. The number of ether oxygens (including phenoxy) is 1. The Bertz CT molecular complexity index is 864. The second-order valence-corrected chi connectivity index (χ2v) is 7.61. The van der Waals surface area contributed by atoms with Gasteiger partial charge in [-0.1, -0.05) is 43.6 Å². The van der Waals surface area contributed by atoms with Crippen molar-refractivity contribution in [2.75, 3.05) is 25.5 Å². The molecule has 7 heteroatoms. The van der Waals surface area contributed by atoms with Gasteiger partial charge >= 0.3 is 0 Å². The van der Waals surface area contributed by atoms with Gasteiger partial charge in [-0.25, -0.2) is 0 Å². The molecule has 2 amide bonds. The van der Waals surface area contributed by atoms with Crippen LogP contribution < -0.4 is 20.7 Å². The number of hydrogen-bond donors (Lipinski definition) is 3. The Hall–Kier alpha value is -2.57. The van der Waals surface area contributed by atoms with E-state index in [1.165, 1.54) is 0 Å². The van der Waals surface area contributed by atoms with Crippen LogP contribution in [-0.4, -0.2) is 32.0 Å². The molecular weight excluding hydrogens is 402 g/mol. The molecule has 0 saturated heterocycles. The van der Waals surface area contributed by atoms with Crippen LogP contribution in [0.5, 0.6) is 5.75 Å². The van der Waals surface area contributed by atoms with Gasteiger partial charge in [0.2, 0.25) is 11.8 Å². The van der Waals surface area contributed by atoms with Gasteiger partial charge in [-0.3, -0.25) is 14.9 Å². The molecule has 162 valence electrons. The van der Waals surface area contributed by atoms with E-state index >= 15 is 0 Å². The summed E-state index contributed by atoms with van der Waals surface area (Å²) in [5.74, 6) is 0.00405. The van der Waals surface area contributed by atoms with Crippen LogP contribution in [0.2, 0.25) is 5.02 Å². The first-order valence-corrected chi connectivity index (χ1v) is 10.4. The summed E-state index contributed by atoms with van der Waals surface area (Å²) in [6.45, 7) is 6.06. The van der Waals surface area contributed by atoms with Crippen molar-refractivity contribution in [3.63, 3.8) is 0 Å². The van der Waals surface area contributed by atoms with Crippen LogP contribution in [0.1, 0.15) is 37.8 Å². The molecule has 30 heavy (non-hydrogen) atoms. The summed E-state index contributed by atoms with van der Waals surface area (Å²) in [6.07, 6.45) is 1.62. The Morgan fingerprint density at radius 2 is 1.67 bits per heavy atom. The molecule has 3 N–H and O–H groups in total. The van der Waals surface area contributed by atoms with Crippen molar-refractivity contribution in [2.45, 2.75) is 39.2 Å². The predicted molar refractivity (Wildman–Crippen MR) is 121 cm³/mol.